The van der Waals surface area contributed by atoms with Crippen LogP contribution in [0.3, 0.4) is 0 Å². The summed E-state index contributed by atoms with van der Waals surface area (Å²) in [5, 5.41) is 0. The summed E-state index contributed by atoms with van der Waals surface area (Å²) in [5.41, 5.74) is 10.1. The normalized spacial score (nSPS) is 10.6. The molecule has 0 atom stereocenters. The Kier molecular flexibility index (Phi) is 4.74. The van der Waals surface area contributed by atoms with Crippen LogP contribution in [0.2, 0.25) is 0 Å². The van der Waals surface area contributed by atoms with E-state index in [-0.39, 0.29) is 5.82 Å². The molecule has 0 spiro atoms. The van der Waals surface area contributed by atoms with E-state index in [2.05, 4.69) is 36.1 Å². The number of benzene rings is 2. The standard InChI is InChI=1S/C17H21FN2/c1-3-13-4-8-17(9-5-13)20(2)12-14-6-7-16(18)10-15(14)11-19/h4-10H,3,11-12,19H2,1-2H3. The van der Waals surface area contributed by atoms with Crippen molar-refractivity contribution in [1.82, 2.24) is 0 Å². The Balaban J connectivity index is 2.16. The molecule has 0 amide bonds. The van der Waals surface area contributed by atoms with Crippen LogP contribution in [-0.2, 0) is 19.5 Å². The van der Waals surface area contributed by atoms with Crippen molar-refractivity contribution in [2.75, 3.05) is 11.9 Å². The highest BCUT2D eigenvalue weighted by Gasteiger charge is 2.07. The van der Waals surface area contributed by atoms with Crippen LogP contribution in [-0.4, -0.2) is 7.05 Å². The number of halogens is 1. The molecule has 0 aliphatic carbocycles. The van der Waals surface area contributed by atoms with Crippen molar-refractivity contribution < 1.29 is 4.39 Å². The lowest BCUT2D eigenvalue weighted by Gasteiger charge is -2.21. The summed E-state index contributed by atoms with van der Waals surface area (Å²) in [6.07, 6.45) is 1.04. The van der Waals surface area contributed by atoms with Gasteiger partial charge in [-0.2, -0.15) is 0 Å². The second kappa shape index (κ2) is 6.53. The molecular formula is C17H21FN2. The number of aryl methyl sites for hydroxylation is 1. The second-order valence-electron chi connectivity index (χ2n) is 4.99. The molecule has 0 bridgehead atoms. The smallest absolute Gasteiger partial charge is 0.123 e. The van der Waals surface area contributed by atoms with Crippen molar-refractivity contribution in [3.8, 4) is 0 Å². The molecule has 2 aromatic rings. The molecule has 0 unspecified atom stereocenters. The largest absolute Gasteiger partial charge is 0.370 e. The van der Waals surface area contributed by atoms with E-state index in [9.17, 15) is 4.39 Å². The van der Waals surface area contributed by atoms with Gasteiger partial charge in [-0.15, -0.1) is 0 Å². The highest BCUT2D eigenvalue weighted by molar-refractivity contribution is 5.48. The Morgan fingerprint density at radius 1 is 1.05 bits per heavy atom. The molecule has 106 valence electrons. The lowest BCUT2D eigenvalue weighted by Crippen LogP contribution is -2.18. The van der Waals surface area contributed by atoms with E-state index >= 15 is 0 Å². The fourth-order valence-corrected chi connectivity index (χ4v) is 2.27. The molecule has 0 radical (unpaired) electrons. The summed E-state index contributed by atoms with van der Waals surface area (Å²) < 4.78 is 13.2. The molecule has 2 nitrogen and oxygen atoms in total. The first-order chi connectivity index (χ1) is 9.63. The predicted molar refractivity (Wildman–Crippen MR) is 82.2 cm³/mol. The number of anilines is 1. The Morgan fingerprint density at radius 2 is 1.75 bits per heavy atom. The van der Waals surface area contributed by atoms with Crippen LogP contribution in [0, 0.1) is 5.82 Å². The molecule has 0 aromatic heterocycles. The average Bonchev–Trinajstić information content (AvgIpc) is 2.49. The van der Waals surface area contributed by atoms with Crippen molar-refractivity contribution in [2.24, 2.45) is 5.73 Å². The number of rotatable bonds is 5. The first-order valence-corrected chi connectivity index (χ1v) is 6.91. The van der Waals surface area contributed by atoms with Gasteiger partial charge in [-0.25, -0.2) is 4.39 Å². The van der Waals surface area contributed by atoms with Gasteiger partial charge in [0.2, 0.25) is 0 Å². The van der Waals surface area contributed by atoms with Gasteiger partial charge < -0.3 is 10.6 Å². The molecule has 0 fully saturated rings. The van der Waals surface area contributed by atoms with Crippen molar-refractivity contribution in [3.63, 3.8) is 0 Å². The summed E-state index contributed by atoms with van der Waals surface area (Å²) in [5.74, 6) is -0.232. The topological polar surface area (TPSA) is 29.3 Å². The summed E-state index contributed by atoms with van der Waals surface area (Å²) in [6, 6.07) is 13.3. The second-order valence-corrected chi connectivity index (χ2v) is 4.99. The molecule has 0 saturated heterocycles. The molecule has 20 heavy (non-hydrogen) atoms. The van der Waals surface area contributed by atoms with Gasteiger partial charge in [-0.05, 0) is 47.4 Å². The van der Waals surface area contributed by atoms with Crippen molar-refractivity contribution in [3.05, 3.63) is 65.0 Å². The van der Waals surface area contributed by atoms with E-state index in [1.807, 2.05) is 13.1 Å². The van der Waals surface area contributed by atoms with Crippen LogP contribution in [0.1, 0.15) is 23.6 Å². The fourth-order valence-electron chi connectivity index (χ4n) is 2.27. The highest BCUT2D eigenvalue weighted by atomic mass is 19.1. The number of hydrogen-bond donors (Lipinski definition) is 1. The van der Waals surface area contributed by atoms with Gasteiger partial charge in [-0.3, -0.25) is 0 Å². The molecule has 0 heterocycles. The van der Waals surface area contributed by atoms with E-state index in [4.69, 9.17) is 5.73 Å². The van der Waals surface area contributed by atoms with Gasteiger partial charge in [-0.1, -0.05) is 25.1 Å². The van der Waals surface area contributed by atoms with Crippen molar-refractivity contribution in [1.29, 1.82) is 0 Å². The lowest BCUT2D eigenvalue weighted by atomic mass is 10.1. The summed E-state index contributed by atoms with van der Waals surface area (Å²) in [7, 11) is 2.03. The summed E-state index contributed by atoms with van der Waals surface area (Å²) in [4.78, 5) is 2.14. The van der Waals surface area contributed by atoms with E-state index < -0.39 is 0 Å². The molecule has 3 heteroatoms. The van der Waals surface area contributed by atoms with Gasteiger partial charge in [0.25, 0.3) is 0 Å². The minimum Gasteiger partial charge on any atom is -0.370 e. The molecule has 0 saturated carbocycles. The lowest BCUT2D eigenvalue weighted by molar-refractivity contribution is 0.624. The Hall–Kier alpha value is -1.87. The average molecular weight is 272 g/mol. The molecule has 2 rings (SSSR count). The van der Waals surface area contributed by atoms with E-state index in [0.29, 0.717) is 6.54 Å². The van der Waals surface area contributed by atoms with Crippen molar-refractivity contribution >= 4 is 5.69 Å². The number of hydrogen-bond acceptors (Lipinski definition) is 2. The molecule has 0 aliphatic rings. The third kappa shape index (κ3) is 3.36. The zero-order valence-electron chi connectivity index (χ0n) is 12.1. The minimum absolute atomic E-state index is 0.232. The maximum atomic E-state index is 13.2. The predicted octanol–water partition coefficient (Wildman–Crippen LogP) is 3.48. The third-order valence-electron chi connectivity index (χ3n) is 3.58. The molecule has 2 aromatic carbocycles. The van der Waals surface area contributed by atoms with E-state index in [0.717, 1.165) is 29.8 Å². The Bertz CT molecular complexity index is 564. The van der Waals surface area contributed by atoms with Gasteiger partial charge in [0.05, 0.1) is 0 Å². The highest BCUT2D eigenvalue weighted by Crippen LogP contribution is 2.19. The van der Waals surface area contributed by atoms with Crippen LogP contribution < -0.4 is 10.6 Å². The third-order valence-corrected chi connectivity index (χ3v) is 3.58. The molecule has 2 N–H and O–H groups in total. The zero-order valence-corrected chi connectivity index (χ0v) is 12.1. The summed E-state index contributed by atoms with van der Waals surface area (Å²) >= 11 is 0. The Labute approximate surface area is 120 Å². The van der Waals surface area contributed by atoms with Gasteiger partial charge in [0.1, 0.15) is 5.82 Å². The van der Waals surface area contributed by atoms with Crippen molar-refractivity contribution in [2.45, 2.75) is 26.4 Å². The Morgan fingerprint density at radius 3 is 2.35 bits per heavy atom. The van der Waals surface area contributed by atoms with Gasteiger partial charge in [0.15, 0.2) is 0 Å². The monoisotopic (exact) mass is 272 g/mol. The van der Waals surface area contributed by atoms with E-state index in [1.165, 1.54) is 17.7 Å². The zero-order chi connectivity index (χ0) is 14.5. The quantitative estimate of drug-likeness (QED) is 0.903. The number of nitrogens with two attached hydrogens (primary N) is 1. The minimum atomic E-state index is -0.232. The van der Waals surface area contributed by atoms with Crippen LogP contribution in [0.5, 0.6) is 0 Å². The van der Waals surface area contributed by atoms with Crippen LogP contribution in [0.4, 0.5) is 10.1 Å². The van der Waals surface area contributed by atoms with Gasteiger partial charge in [0, 0.05) is 25.8 Å². The molecular weight excluding hydrogens is 251 g/mol. The van der Waals surface area contributed by atoms with Gasteiger partial charge >= 0.3 is 0 Å². The van der Waals surface area contributed by atoms with Crippen LogP contribution in [0.25, 0.3) is 0 Å². The first kappa shape index (κ1) is 14.5. The maximum Gasteiger partial charge on any atom is 0.123 e. The van der Waals surface area contributed by atoms with Crippen LogP contribution in [0.15, 0.2) is 42.5 Å². The number of nitrogens with zero attached hydrogens (tertiary/aromatic N) is 1. The van der Waals surface area contributed by atoms with E-state index in [1.54, 1.807) is 0 Å². The fraction of sp³-hybridized carbons (Fsp3) is 0.294. The van der Waals surface area contributed by atoms with Crippen LogP contribution >= 0.6 is 0 Å². The molecule has 0 aliphatic heterocycles. The SMILES string of the molecule is CCc1ccc(N(C)Cc2ccc(F)cc2CN)cc1. The summed E-state index contributed by atoms with van der Waals surface area (Å²) in [6.45, 7) is 3.22. The first-order valence-electron chi connectivity index (χ1n) is 6.91. The maximum absolute atomic E-state index is 13.2.